The molecule has 0 N–H and O–H groups in total. The van der Waals surface area contributed by atoms with E-state index in [4.69, 9.17) is 0 Å². The number of aryl methyl sites for hydroxylation is 1. The van der Waals surface area contributed by atoms with Crippen molar-refractivity contribution in [2.75, 3.05) is 5.75 Å². The van der Waals surface area contributed by atoms with Gasteiger partial charge in [-0.15, -0.1) is 11.8 Å². The molecule has 0 bridgehead atoms. The van der Waals surface area contributed by atoms with E-state index in [0.29, 0.717) is 11.4 Å². The minimum atomic E-state index is 0.0938. The molecule has 3 nitrogen and oxygen atoms in total. The van der Waals surface area contributed by atoms with Crippen LogP contribution in [0.4, 0.5) is 0 Å². The Hall–Kier alpha value is -1.07. The number of aromatic nitrogens is 2. The summed E-state index contributed by atoms with van der Waals surface area (Å²) in [5, 5.41) is 4.25. The Morgan fingerprint density at radius 2 is 2.10 bits per heavy atom. The van der Waals surface area contributed by atoms with E-state index in [9.17, 15) is 4.79 Å². The predicted molar refractivity (Wildman–Crippen MR) is 86.5 cm³/mol. The summed E-state index contributed by atoms with van der Waals surface area (Å²) in [6.45, 7) is 6.09. The van der Waals surface area contributed by atoms with Gasteiger partial charge < -0.3 is 0 Å². The lowest BCUT2D eigenvalue weighted by Gasteiger charge is -2.11. The lowest BCUT2D eigenvalue weighted by Crippen LogP contribution is -2.14. The topological polar surface area (TPSA) is 34.9 Å². The smallest absolute Gasteiger partial charge is 0.192 e. The second-order valence-corrected chi connectivity index (χ2v) is 6.73. The molecule has 2 rings (SSSR count). The van der Waals surface area contributed by atoms with Crippen molar-refractivity contribution in [3.05, 3.63) is 46.2 Å². The van der Waals surface area contributed by atoms with E-state index >= 15 is 0 Å². The maximum absolute atomic E-state index is 12.4. The fourth-order valence-corrected chi connectivity index (χ4v) is 3.31. The highest BCUT2D eigenvalue weighted by Gasteiger charge is 2.19. The first-order valence-corrected chi connectivity index (χ1v) is 8.23. The standard InChI is InChI=1S/C15H17BrN2OS/c1-10(2)18-15(12(16)8-17-18)13(19)9-20-14-7-5-4-6-11(14)3/h4-8,10H,9H2,1-3H3. The minimum absolute atomic E-state index is 0.0938. The van der Waals surface area contributed by atoms with Crippen molar-refractivity contribution >= 4 is 33.5 Å². The molecule has 106 valence electrons. The molecule has 0 amide bonds. The van der Waals surface area contributed by atoms with Crippen LogP contribution in [0.1, 0.15) is 35.9 Å². The Morgan fingerprint density at radius 3 is 2.75 bits per heavy atom. The number of nitrogens with zero attached hydrogens (tertiary/aromatic N) is 2. The van der Waals surface area contributed by atoms with Gasteiger partial charge in [0.1, 0.15) is 5.69 Å². The third-order valence-electron chi connectivity index (χ3n) is 2.96. The van der Waals surface area contributed by atoms with Crippen LogP contribution in [0.5, 0.6) is 0 Å². The molecular formula is C15H17BrN2OS. The Morgan fingerprint density at radius 1 is 1.40 bits per heavy atom. The molecule has 20 heavy (non-hydrogen) atoms. The van der Waals surface area contributed by atoms with E-state index in [0.717, 1.165) is 9.37 Å². The molecule has 0 aliphatic carbocycles. The van der Waals surface area contributed by atoms with Gasteiger partial charge in [0.25, 0.3) is 0 Å². The molecule has 0 saturated carbocycles. The normalized spacial score (nSPS) is 11.1. The summed E-state index contributed by atoms with van der Waals surface area (Å²) < 4.78 is 2.53. The maximum atomic E-state index is 12.4. The Labute approximate surface area is 131 Å². The minimum Gasteiger partial charge on any atom is -0.291 e. The number of rotatable bonds is 5. The summed E-state index contributed by atoms with van der Waals surface area (Å²) in [4.78, 5) is 13.6. The number of hydrogen-bond donors (Lipinski definition) is 0. The lowest BCUT2D eigenvalue weighted by atomic mass is 10.2. The maximum Gasteiger partial charge on any atom is 0.192 e. The molecular weight excluding hydrogens is 336 g/mol. The predicted octanol–water partition coefficient (Wildman–Crippen LogP) is 4.51. The fourth-order valence-electron chi connectivity index (χ4n) is 1.92. The van der Waals surface area contributed by atoms with Crippen LogP contribution in [0.25, 0.3) is 0 Å². The number of carbonyl (C=O) groups is 1. The van der Waals surface area contributed by atoms with Crippen molar-refractivity contribution < 1.29 is 4.79 Å². The molecule has 5 heteroatoms. The van der Waals surface area contributed by atoms with Crippen LogP contribution in [0.15, 0.2) is 39.8 Å². The van der Waals surface area contributed by atoms with E-state index < -0.39 is 0 Å². The van der Waals surface area contributed by atoms with Gasteiger partial charge in [-0.3, -0.25) is 9.48 Å². The highest BCUT2D eigenvalue weighted by atomic mass is 79.9. The molecule has 1 aromatic heterocycles. The third-order valence-corrected chi connectivity index (χ3v) is 4.71. The van der Waals surface area contributed by atoms with Gasteiger partial charge in [0.05, 0.1) is 16.4 Å². The highest BCUT2D eigenvalue weighted by molar-refractivity contribution is 9.10. The lowest BCUT2D eigenvalue weighted by molar-refractivity contribution is 0.101. The Bertz CT molecular complexity index is 622. The summed E-state index contributed by atoms with van der Waals surface area (Å²) in [5.41, 5.74) is 1.85. The van der Waals surface area contributed by atoms with Gasteiger partial charge in [0.2, 0.25) is 0 Å². The van der Waals surface area contributed by atoms with Gasteiger partial charge in [-0.25, -0.2) is 0 Å². The quantitative estimate of drug-likeness (QED) is 0.586. The molecule has 0 radical (unpaired) electrons. The van der Waals surface area contributed by atoms with Gasteiger partial charge in [0.15, 0.2) is 5.78 Å². The van der Waals surface area contributed by atoms with E-state index in [1.54, 1.807) is 22.6 Å². The molecule has 0 atom stereocenters. The SMILES string of the molecule is Cc1ccccc1SCC(=O)c1c(Br)cnn1C(C)C. The monoisotopic (exact) mass is 352 g/mol. The number of hydrogen-bond acceptors (Lipinski definition) is 3. The Kier molecular flexibility index (Phi) is 5.05. The summed E-state index contributed by atoms with van der Waals surface area (Å²) in [5.74, 6) is 0.512. The molecule has 0 unspecified atom stereocenters. The van der Waals surface area contributed by atoms with Gasteiger partial charge in [-0.2, -0.15) is 5.10 Å². The first kappa shape index (κ1) is 15.3. The first-order chi connectivity index (χ1) is 9.50. The van der Waals surface area contributed by atoms with Crippen LogP contribution in [-0.2, 0) is 0 Å². The number of Topliss-reactive ketones (excluding diaryl/α,β-unsaturated/α-hetero) is 1. The van der Waals surface area contributed by atoms with E-state index in [2.05, 4.69) is 34.0 Å². The van der Waals surface area contributed by atoms with Crippen molar-refractivity contribution in [2.45, 2.75) is 31.7 Å². The zero-order chi connectivity index (χ0) is 14.7. The molecule has 1 aromatic carbocycles. The van der Waals surface area contributed by atoms with Crippen LogP contribution >= 0.6 is 27.7 Å². The van der Waals surface area contributed by atoms with Crippen molar-refractivity contribution in [2.24, 2.45) is 0 Å². The highest BCUT2D eigenvalue weighted by Crippen LogP contribution is 2.25. The number of ketones is 1. The zero-order valence-electron chi connectivity index (χ0n) is 11.8. The average Bonchev–Trinajstić information content (AvgIpc) is 2.79. The molecule has 0 spiro atoms. The molecule has 0 fully saturated rings. The summed E-state index contributed by atoms with van der Waals surface area (Å²) in [6, 6.07) is 8.27. The van der Waals surface area contributed by atoms with E-state index in [-0.39, 0.29) is 11.8 Å². The molecule has 0 aliphatic heterocycles. The molecule has 0 saturated heterocycles. The Balaban J connectivity index is 2.13. The van der Waals surface area contributed by atoms with Crippen LogP contribution in [-0.4, -0.2) is 21.3 Å². The van der Waals surface area contributed by atoms with Gasteiger partial charge in [-0.1, -0.05) is 18.2 Å². The van der Waals surface area contributed by atoms with Crippen molar-refractivity contribution in [1.29, 1.82) is 0 Å². The van der Waals surface area contributed by atoms with Crippen LogP contribution in [0.2, 0.25) is 0 Å². The van der Waals surface area contributed by atoms with Gasteiger partial charge in [-0.05, 0) is 48.3 Å². The van der Waals surface area contributed by atoms with Crippen molar-refractivity contribution in [1.82, 2.24) is 9.78 Å². The summed E-state index contributed by atoms with van der Waals surface area (Å²) in [7, 11) is 0. The summed E-state index contributed by atoms with van der Waals surface area (Å²) >= 11 is 4.98. The molecule has 0 aliphatic rings. The largest absolute Gasteiger partial charge is 0.291 e. The number of thioether (sulfide) groups is 1. The second kappa shape index (κ2) is 6.59. The van der Waals surface area contributed by atoms with Gasteiger partial charge >= 0.3 is 0 Å². The van der Waals surface area contributed by atoms with Crippen LogP contribution < -0.4 is 0 Å². The fraction of sp³-hybridized carbons (Fsp3) is 0.333. The van der Waals surface area contributed by atoms with E-state index in [1.165, 1.54) is 5.56 Å². The van der Waals surface area contributed by atoms with Crippen molar-refractivity contribution in [3.8, 4) is 0 Å². The zero-order valence-corrected chi connectivity index (χ0v) is 14.2. The molecule has 1 heterocycles. The molecule has 2 aromatic rings. The number of carbonyl (C=O) groups excluding carboxylic acids is 1. The van der Waals surface area contributed by atoms with Crippen molar-refractivity contribution in [3.63, 3.8) is 0 Å². The first-order valence-electron chi connectivity index (χ1n) is 6.45. The number of benzene rings is 1. The summed E-state index contributed by atoms with van der Waals surface area (Å²) in [6.07, 6.45) is 1.69. The van der Waals surface area contributed by atoms with Crippen LogP contribution in [0.3, 0.4) is 0 Å². The van der Waals surface area contributed by atoms with Crippen LogP contribution in [0, 0.1) is 6.92 Å². The van der Waals surface area contributed by atoms with E-state index in [1.807, 2.05) is 32.0 Å². The number of halogens is 1. The average molecular weight is 353 g/mol. The second-order valence-electron chi connectivity index (χ2n) is 4.86. The third kappa shape index (κ3) is 3.33. The van der Waals surface area contributed by atoms with Gasteiger partial charge in [0, 0.05) is 10.9 Å².